The van der Waals surface area contributed by atoms with Gasteiger partial charge in [-0.2, -0.15) is 8.42 Å². The Balaban J connectivity index is 3.27. The van der Waals surface area contributed by atoms with E-state index in [1.54, 1.807) is 26.1 Å². The van der Waals surface area contributed by atoms with Crippen molar-refractivity contribution in [1.29, 1.82) is 0 Å². The maximum absolute atomic E-state index is 12.8. The third-order valence-corrected chi connectivity index (χ3v) is 4.18. The number of rotatable bonds is 5. The second-order valence-corrected chi connectivity index (χ2v) is 6.32. The monoisotopic (exact) mass is 371 g/mol. The van der Waals surface area contributed by atoms with Crippen molar-refractivity contribution in [3.63, 3.8) is 0 Å². The molecule has 1 atom stereocenters. The highest BCUT2D eigenvalue weighted by atomic mass is 32.2. The molecule has 24 heavy (non-hydrogen) atoms. The van der Waals surface area contributed by atoms with E-state index < -0.39 is 16.4 Å². The summed E-state index contributed by atoms with van der Waals surface area (Å²) < 4.78 is 30.3. The maximum atomic E-state index is 12.8. The molecule has 0 aliphatic carbocycles. The molecule has 0 bridgehead atoms. The van der Waals surface area contributed by atoms with E-state index in [0.29, 0.717) is 16.4 Å². The lowest BCUT2D eigenvalue weighted by molar-refractivity contribution is -0.129. The summed E-state index contributed by atoms with van der Waals surface area (Å²) in [4.78, 5) is 14.3. The second kappa shape index (κ2) is 8.74. The van der Waals surface area contributed by atoms with Gasteiger partial charge >= 0.3 is 10.5 Å². The molecule has 1 aromatic rings. The van der Waals surface area contributed by atoms with E-state index in [2.05, 4.69) is 9.68 Å². The van der Waals surface area contributed by atoms with Crippen molar-refractivity contribution in [2.45, 2.75) is 32.7 Å². The van der Waals surface area contributed by atoms with Crippen LogP contribution in [0.5, 0.6) is 5.75 Å². The molecule has 0 aliphatic rings. The van der Waals surface area contributed by atoms with Gasteiger partial charge in [0, 0.05) is 13.1 Å². The summed E-state index contributed by atoms with van der Waals surface area (Å²) in [5.74, 6) is -0.406. The normalized spacial score (nSPS) is 11.6. The quantitative estimate of drug-likeness (QED) is 0.799. The molecule has 132 valence electrons. The molecule has 0 aliphatic heterocycles. The number of nitrogens with one attached hydrogen (secondary N) is 1. The van der Waals surface area contributed by atoms with Crippen molar-refractivity contribution in [2.24, 2.45) is 4.36 Å². The van der Waals surface area contributed by atoms with Crippen LogP contribution < -0.4 is 10.1 Å². The first-order valence-electron chi connectivity index (χ1n) is 7.26. The van der Waals surface area contributed by atoms with Gasteiger partial charge in [-0.05, 0) is 50.7 Å². The van der Waals surface area contributed by atoms with E-state index in [-0.39, 0.29) is 17.6 Å². The average Bonchev–Trinajstić information content (AvgIpc) is 2.52. The van der Waals surface area contributed by atoms with Gasteiger partial charge in [0.05, 0.1) is 13.0 Å². The standard InChI is InChI=1S/C15H21N3O4S2/c1-9(2)18(15(23)16-4)14(19)10(3)11-6-7-13(22-5)12(8-11)17-24(20)21/h6-10H,1-5H3,(H,16,23). The fourth-order valence-corrected chi connectivity index (χ4v) is 2.79. The summed E-state index contributed by atoms with van der Waals surface area (Å²) in [6, 6.07) is 4.70. The fourth-order valence-electron chi connectivity index (χ4n) is 2.19. The van der Waals surface area contributed by atoms with Crippen molar-refractivity contribution in [2.75, 3.05) is 14.2 Å². The second-order valence-electron chi connectivity index (χ2n) is 5.32. The minimum atomic E-state index is -2.62. The van der Waals surface area contributed by atoms with Crippen LogP contribution in [0.1, 0.15) is 32.3 Å². The molecular weight excluding hydrogens is 350 g/mol. The SMILES string of the molecule is CNC(=S)N(C(=O)C(C)c1ccc(OC)c(N=S(=O)=O)c1)C(C)C. The van der Waals surface area contributed by atoms with Crippen LogP contribution in [-0.4, -0.2) is 44.5 Å². The summed E-state index contributed by atoms with van der Waals surface area (Å²) >= 11 is 5.19. The van der Waals surface area contributed by atoms with Crippen LogP contribution in [-0.2, 0) is 15.3 Å². The Morgan fingerprint density at radius 3 is 2.42 bits per heavy atom. The summed E-state index contributed by atoms with van der Waals surface area (Å²) in [5.41, 5.74) is 0.768. The van der Waals surface area contributed by atoms with Crippen LogP contribution in [0.3, 0.4) is 0 Å². The van der Waals surface area contributed by atoms with Crippen molar-refractivity contribution in [1.82, 2.24) is 10.2 Å². The molecule has 0 heterocycles. The zero-order valence-electron chi connectivity index (χ0n) is 14.2. The van der Waals surface area contributed by atoms with E-state index in [9.17, 15) is 13.2 Å². The number of thiocarbonyl (C=S) groups is 1. The highest BCUT2D eigenvalue weighted by Gasteiger charge is 2.27. The van der Waals surface area contributed by atoms with Crippen LogP contribution in [0.4, 0.5) is 5.69 Å². The first-order valence-corrected chi connectivity index (χ1v) is 8.70. The van der Waals surface area contributed by atoms with E-state index >= 15 is 0 Å². The fraction of sp³-hybridized carbons (Fsp3) is 0.467. The molecule has 0 spiro atoms. The first kappa shape index (κ1) is 20.0. The van der Waals surface area contributed by atoms with Gasteiger partial charge in [0.15, 0.2) is 5.11 Å². The Morgan fingerprint density at radius 2 is 1.96 bits per heavy atom. The van der Waals surface area contributed by atoms with E-state index in [4.69, 9.17) is 17.0 Å². The number of carbonyl (C=O) groups is 1. The Kier molecular flexibility index (Phi) is 7.30. The molecule has 1 rings (SSSR count). The van der Waals surface area contributed by atoms with Gasteiger partial charge in [0.25, 0.3) is 0 Å². The van der Waals surface area contributed by atoms with Gasteiger partial charge in [-0.1, -0.05) is 6.07 Å². The lowest BCUT2D eigenvalue weighted by Gasteiger charge is -2.29. The number of carbonyl (C=O) groups excluding carboxylic acids is 1. The molecule has 0 aromatic heterocycles. The number of amides is 1. The lowest BCUT2D eigenvalue weighted by Crippen LogP contribution is -2.47. The zero-order valence-corrected chi connectivity index (χ0v) is 15.9. The van der Waals surface area contributed by atoms with Crippen molar-refractivity contribution in [3.8, 4) is 5.75 Å². The molecule has 1 amide bonds. The highest BCUT2D eigenvalue weighted by molar-refractivity contribution is 7.80. The highest BCUT2D eigenvalue weighted by Crippen LogP contribution is 2.32. The molecule has 7 nitrogen and oxygen atoms in total. The van der Waals surface area contributed by atoms with Gasteiger partial charge in [0.2, 0.25) is 5.91 Å². The molecule has 9 heteroatoms. The Labute approximate surface area is 148 Å². The smallest absolute Gasteiger partial charge is 0.316 e. The minimum Gasteiger partial charge on any atom is -0.494 e. The molecular formula is C15H21N3O4S2. The topological polar surface area (TPSA) is 88.1 Å². The van der Waals surface area contributed by atoms with E-state index in [0.717, 1.165) is 0 Å². The van der Waals surface area contributed by atoms with Gasteiger partial charge in [-0.3, -0.25) is 9.69 Å². The van der Waals surface area contributed by atoms with Gasteiger partial charge < -0.3 is 10.1 Å². The van der Waals surface area contributed by atoms with Gasteiger partial charge in [-0.15, -0.1) is 4.36 Å². The zero-order chi connectivity index (χ0) is 18.4. The molecule has 1 unspecified atom stereocenters. The van der Waals surface area contributed by atoms with Crippen LogP contribution in [0.2, 0.25) is 0 Å². The number of hydrogen-bond donors (Lipinski definition) is 1. The molecule has 0 fully saturated rings. The van der Waals surface area contributed by atoms with Crippen LogP contribution in [0.15, 0.2) is 22.6 Å². The summed E-state index contributed by atoms with van der Waals surface area (Å²) in [6.07, 6.45) is 0. The van der Waals surface area contributed by atoms with Gasteiger partial charge in [-0.25, -0.2) is 0 Å². The minimum absolute atomic E-state index is 0.114. The van der Waals surface area contributed by atoms with Crippen molar-refractivity contribution >= 4 is 39.4 Å². The largest absolute Gasteiger partial charge is 0.494 e. The Hall–Kier alpha value is -2.00. The number of methoxy groups -OCH3 is 1. The summed E-state index contributed by atoms with van der Waals surface area (Å²) in [5, 5.41) is 3.14. The predicted octanol–water partition coefficient (Wildman–Crippen LogP) is 2.23. The number of nitrogens with zero attached hydrogens (tertiary/aromatic N) is 2. The predicted molar refractivity (Wildman–Crippen MR) is 96.1 cm³/mol. The first-order chi connectivity index (χ1) is 11.2. The third-order valence-electron chi connectivity index (χ3n) is 3.43. The summed E-state index contributed by atoms with van der Waals surface area (Å²) in [6.45, 7) is 5.46. The number of benzene rings is 1. The summed E-state index contributed by atoms with van der Waals surface area (Å²) in [7, 11) is 0.459. The van der Waals surface area contributed by atoms with Crippen LogP contribution in [0, 0.1) is 0 Å². The van der Waals surface area contributed by atoms with Crippen LogP contribution in [0.25, 0.3) is 0 Å². The number of hydrogen-bond acceptors (Lipinski definition) is 6. The molecule has 0 radical (unpaired) electrons. The third kappa shape index (κ3) is 4.75. The Bertz CT molecular complexity index is 752. The average molecular weight is 371 g/mol. The molecule has 1 N–H and O–H groups in total. The maximum Gasteiger partial charge on any atom is 0.316 e. The Morgan fingerprint density at radius 1 is 1.33 bits per heavy atom. The lowest BCUT2D eigenvalue weighted by atomic mass is 9.98. The molecule has 1 aromatic carbocycles. The van der Waals surface area contributed by atoms with Gasteiger partial charge in [0.1, 0.15) is 11.4 Å². The van der Waals surface area contributed by atoms with E-state index in [1.807, 2.05) is 13.8 Å². The number of ether oxygens (including phenoxy) is 1. The van der Waals surface area contributed by atoms with Crippen molar-refractivity contribution in [3.05, 3.63) is 23.8 Å². The molecule has 0 saturated heterocycles. The van der Waals surface area contributed by atoms with Crippen LogP contribution >= 0.6 is 12.2 Å². The molecule has 0 saturated carbocycles. The van der Waals surface area contributed by atoms with E-state index in [1.165, 1.54) is 18.1 Å². The van der Waals surface area contributed by atoms with Crippen molar-refractivity contribution < 1.29 is 17.9 Å².